The maximum Gasteiger partial charge on any atom is 0.194 e. The van der Waals surface area contributed by atoms with Crippen molar-refractivity contribution in [3.8, 4) is 0 Å². The van der Waals surface area contributed by atoms with Gasteiger partial charge in [0.1, 0.15) is 12.3 Å². The summed E-state index contributed by atoms with van der Waals surface area (Å²) in [5, 5.41) is 6.48. The van der Waals surface area contributed by atoms with Gasteiger partial charge in [-0.3, -0.25) is 0 Å². The minimum absolute atomic E-state index is 0.562. The average molecular weight is 301 g/mol. The lowest BCUT2D eigenvalue weighted by molar-refractivity contribution is 0.152. The molecule has 4 nitrogen and oxygen atoms in total. The molecule has 2 aromatic rings. The molecule has 5 heteroatoms. The number of pyridine rings is 1. The molecule has 0 radical (unpaired) electrons. The number of nitrogens with zero attached hydrogens (tertiary/aromatic N) is 3. The Labute approximate surface area is 129 Å². The quantitative estimate of drug-likeness (QED) is 0.496. The van der Waals surface area contributed by atoms with Gasteiger partial charge >= 0.3 is 0 Å². The van der Waals surface area contributed by atoms with Crippen molar-refractivity contribution in [1.82, 2.24) is 9.88 Å². The highest BCUT2D eigenvalue weighted by atomic mass is 32.1. The molecule has 0 saturated heterocycles. The molecule has 3 rings (SSSR count). The van der Waals surface area contributed by atoms with Crippen molar-refractivity contribution < 1.29 is 4.84 Å². The molecule has 21 heavy (non-hydrogen) atoms. The summed E-state index contributed by atoms with van der Waals surface area (Å²) >= 11 is 1.84. The van der Waals surface area contributed by atoms with E-state index < -0.39 is 0 Å². The molecule has 2 aromatic heterocycles. The lowest BCUT2D eigenvalue weighted by atomic mass is 10.1. The van der Waals surface area contributed by atoms with Crippen LogP contribution in [0.25, 0.3) is 0 Å². The standard InChI is InChI=1S/C16H19N3OS/c1-3-20-18-16(14-6-4-5-12(2)17-14)19-9-7-15-13(11-19)8-10-21-15/h4-6,8,10H,3,7,9,11H2,1-2H3/b18-16-. The van der Waals surface area contributed by atoms with Gasteiger partial charge in [0.25, 0.3) is 0 Å². The maximum atomic E-state index is 5.32. The third-order valence-electron chi connectivity index (χ3n) is 3.50. The molecule has 3 heterocycles. The second-order valence-corrected chi connectivity index (χ2v) is 6.04. The van der Waals surface area contributed by atoms with Gasteiger partial charge in [-0.15, -0.1) is 11.3 Å². The monoisotopic (exact) mass is 301 g/mol. The van der Waals surface area contributed by atoms with Gasteiger partial charge in [0.15, 0.2) is 5.84 Å². The van der Waals surface area contributed by atoms with Gasteiger partial charge < -0.3 is 9.74 Å². The Morgan fingerprint density at radius 3 is 3.14 bits per heavy atom. The smallest absolute Gasteiger partial charge is 0.194 e. The molecule has 0 fully saturated rings. The number of hydrogen-bond donors (Lipinski definition) is 0. The van der Waals surface area contributed by atoms with Crippen LogP contribution >= 0.6 is 11.3 Å². The van der Waals surface area contributed by atoms with Crippen LogP contribution in [0.5, 0.6) is 0 Å². The van der Waals surface area contributed by atoms with Crippen LogP contribution in [-0.2, 0) is 17.8 Å². The molecule has 0 spiro atoms. The first kappa shape index (κ1) is 14.1. The van der Waals surface area contributed by atoms with Crippen LogP contribution in [-0.4, -0.2) is 28.9 Å². The van der Waals surface area contributed by atoms with Crippen molar-refractivity contribution in [3.05, 3.63) is 51.5 Å². The predicted octanol–water partition coefficient (Wildman–Crippen LogP) is 3.21. The SMILES string of the molecule is CCO/N=C(/c1cccc(C)n1)N1CCc2sccc2C1. The summed E-state index contributed by atoms with van der Waals surface area (Å²) in [7, 11) is 0. The maximum absolute atomic E-state index is 5.32. The molecule has 1 aliphatic heterocycles. The van der Waals surface area contributed by atoms with Gasteiger partial charge in [-0.2, -0.15) is 0 Å². The molecule has 110 valence electrons. The number of thiophene rings is 1. The summed E-state index contributed by atoms with van der Waals surface area (Å²) in [4.78, 5) is 13.7. The van der Waals surface area contributed by atoms with E-state index in [0.29, 0.717) is 6.61 Å². The fourth-order valence-corrected chi connectivity index (χ4v) is 3.38. The largest absolute Gasteiger partial charge is 0.394 e. The molecule has 1 aliphatic rings. The number of oxime groups is 1. The zero-order chi connectivity index (χ0) is 14.7. The number of aryl methyl sites for hydroxylation is 1. The van der Waals surface area contributed by atoms with Crippen LogP contribution in [0.15, 0.2) is 34.8 Å². The number of amidine groups is 1. The van der Waals surface area contributed by atoms with Gasteiger partial charge in [-0.05, 0) is 49.4 Å². The third-order valence-corrected chi connectivity index (χ3v) is 4.53. The average Bonchev–Trinajstić information content (AvgIpc) is 2.95. The van der Waals surface area contributed by atoms with E-state index in [9.17, 15) is 0 Å². The number of rotatable bonds is 3. The Morgan fingerprint density at radius 2 is 2.33 bits per heavy atom. The van der Waals surface area contributed by atoms with Crippen LogP contribution < -0.4 is 0 Å². The van der Waals surface area contributed by atoms with Crippen molar-refractivity contribution >= 4 is 17.2 Å². The highest BCUT2D eigenvalue weighted by molar-refractivity contribution is 7.10. The number of aromatic nitrogens is 1. The van der Waals surface area contributed by atoms with E-state index in [2.05, 4.69) is 26.5 Å². The van der Waals surface area contributed by atoms with Crippen molar-refractivity contribution in [2.75, 3.05) is 13.2 Å². The first-order chi connectivity index (χ1) is 10.3. The van der Waals surface area contributed by atoms with E-state index in [0.717, 1.165) is 36.7 Å². The Balaban J connectivity index is 1.90. The number of hydrogen-bond acceptors (Lipinski definition) is 4. The van der Waals surface area contributed by atoms with Gasteiger partial charge in [0.2, 0.25) is 0 Å². The zero-order valence-corrected chi connectivity index (χ0v) is 13.2. The van der Waals surface area contributed by atoms with Crippen molar-refractivity contribution in [3.63, 3.8) is 0 Å². The number of fused-ring (bicyclic) bond motifs is 1. The van der Waals surface area contributed by atoms with E-state index in [1.54, 1.807) is 0 Å². The van der Waals surface area contributed by atoms with Gasteiger partial charge in [-0.1, -0.05) is 11.2 Å². The van der Waals surface area contributed by atoms with Gasteiger partial charge in [0.05, 0.1) is 0 Å². The summed E-state index contributed by atoms with van der Waals surface area (Å²) in [5.41, 5.74) is 3.26. The van der Waals surface area contributed by atoms with Gasteiger partial charge in [-0.25, -0.2) is 4.98 Å². The van der Waals surface area contributed by atoms with Crippen LogP contribution in [0.1, 0.15) is 28.8 Å². The lowest BCUT2D eigenvalue weighted by Crippen LogP contribution is -2.36. The van der Waals surface area contributed by atoms with E-state index in [1.165, 1.54) is 10.4 Å². The van der Waals surface area contributed by atoms with Crippen LogP contribution in [0.4, 0.5) is 0 Å². The van der Waals surface area contributed by atoms with E-state index in [1.807, 2.05) is 43.4 Å². The molecule has 0 atom stereocenters. The molecule has 0 saturated carbocycles. The van der Waals surface area contributed by atoms with Crippen LogP contribution in [0, 0.1) is 6.92 Å². The second kappa shape index (κ2) is 6.26. The first-order valence-corrected chi connectivity index (χ1v) is 8.10. The molecule has 0 aromatic carbocycles. The van der Waals surface area contributed by atoms with Crippen LogP contribution in [0.3, 0.4) is 0 Å². The predicted molar refractivity (Wildman–Crippen MR) is 85.6 cm³/mol. The third kappa shape index (κ3) is 3.08. The fourth-order valence-electron chi connectivity index (χ4n) is 2.49. The second-order valence-electron chi connectivity index (χ2n) is 5.04. The fraction of sp³-hybridized carbons (Fsp3) is 0.375. The van der Waals surface area contributed by atoms with Crippen molar-refractivity contribution in [2.24, 2.45) is 5.16 Å². The molecule has 0 aliphatic carbocycles. The summed E-state index contributed by atoms with van der Waals surface area (Å²) in [6.07, 6.45) is 1.06. The topological polar surface area (TPSA) is 37.7 Å². The summed E-state index contributed by atoms with van der Waals surface area (Å²) in [5.74, 6) is 0.831. The minimum atomic E-state index is 0.562. The summed E-state index contributed by atoms with van der Waals surface area (Å²) in [6, 6.07) is 8.20. The Bertz CT molecular complexity index is 650. The Morgan fingerprint density at radius 1 is 1.43 bits per heavy atom. The minimum Gasteiger partial charge on any atom is -0.394 e. The Kier molecular flexibility index (Phi) is 4.20. The molecular weight excluding hydrogens is 282 g/mol. The normalized spacial score (nSPS) is 15.0. The van der Waals surface area contributed by atoms with Crippen LogP contribution in [0.2, 0.25) is 0 Å². The molecular formula is C16H19N3OS. The van der Waals surface area contributed by atoms with E-state index >= 15 is 0 Å². The Hall–Kier alpha value is -1.88. The summed E-state index contributed by atoms with van der Waals surface area (Å²) < 4.78 is 0. The van der Waals surface area contributed by atoms with E-state index in [-0.39, 0.29) is 0 Å². The highest BCUT2D eigenvalue weighted by Crippen LogP contribution is 2.25. The highest BCUT2D eigenvalue weighted by Gasteiger charge is 2.22. The molecule has 0 bridgehead atoms. The molecule has 0 amide bonds. The van der Waals surface area contributed by atoms with E-state index in [4.69, 9.17) is 4.84 Å². The molecule has 0 N–H and O–H groups in total. The van der Waals surface area contributed by atoms with Gasteiger partial charge in [0, 0.05) is 23.7 Å². The van der Waals surface area contributed by atoms with Crippen molar-refractivity contribution in [1.29, 1.82) is 0 Å². The first-order valence-electron chi connectivity index (χ1n) is 7.22. The lowest BCUT2D eigenvalue weighted by Gasteiger charge is -2.29. The molecule has 0 unspecified atom stereocenters. The van der Waals surface area contributed by atoms with Crippen molar-refractivity contribution in [2.45, 2.75) is 26.8 Å². The summed E-state index contributed by atoms with van der Waals surface area (Å²) in [6.45, 7) is 6.33. The zero-order valence-electron chi connectivity index (χ0n) is 12.4.